The fourth-order valence-electron chi connectivity index (χ4n) is 3.46. The number of anilines is 2. The van der Waals surface area contributed by atoms with Crippen LogP contribution in [0.25, 0.3) is 0 Å². The highest BCUT2D eigenvalue weighted by molar-refractivity contribution is 7.93. The molecule has 31 heavy (non-hydrogen) atoms. The molecule has 0 saturated carbocycles. The highest BCUT2D eigenvalue weighted by Crippen LogP contribution is 2.43. The number of halogens is 3. The first-order chi connectivity index (χ1) is 14.6. The highest BCUT2D eigenvalue weighted by atomic mass is 32.2. The Labute approximate surface area is 182 Å². The Morgan fingerprint density at radius 2 is 2.06 bits per heavy atom. The van der Waals surface area contributed by atoms with E-state index in [4.69, 9.17) is 0 Å². The molecule has 1 aromatic heterocycles. The molecule has 3 rings (SSSR count). The Kier molecular flexibility index (Phi) is 7.14. The zero-order valence-corrected chi connectivity index (χ0v) is 18.7. The molecule has 0 spiro atoms. The fraction of sp³-hybridized carbons (Fsp3) is 0.556. The third-order valence-corrected chi connectivity index (χ3v) is 6.71. The van der Waals surface area contributed by atoms with E-state index in [1.54, 1.807) is 10.8 Å². The number of nitrogens with zero attached hydrogens (tertiary/aromatic N) is 5. The highest BCUT2D eigenvalue weighted by Gasteiger charge is 2.47. The van der Waals surface area contributed by atoms with Crippen molar-refractivity contribution in [3.05, 3.63) is 23.2 Å². The van der Waals surface area contributed by atoms with E-state index in [1.165, 1.54) is 11.6 Å². The summed E-state index contributed by atoms with van der Waals surface area (Å²) in [6, 6.07) is 3.42. The average molecular weight is 477 g/mol. The molecule has 0 saturated heterocycles. The second kappa shape index (κ2) is 9.47. The van der Waals surface area contributed by atoms with E-state index in [9.17, 15) is 21.6 Å². The van der Waals surface area contributed by atoms with Crippen LogP contribution in [0.2, 0.25) is 0 Å². The van der Waals surface area contributed by atoms with Crippen molar-refractivity contribution in [2.24, 2.45) is 10.2 Å². The summed E-state index contributed by atoms with van der Waals surface area (Å²) < 4.78 is 64.8. The summed E-state index contributed by atoms with van der Waals surface area (Å²) in [4.78, 5) is 2.12. The first kappa shape index (κ1) is 23.4. The van der Waals surface area contributed by atoms with Crippen LogP contribution < -0.4 is 9.62 Å². The standard InChI is InChI=1S/C18H23F3N6O2S2/c1-3-4-5-10-27-12(2)6-7-13-15(27)9-8-14(23-25-17-24-22-11-30-17)16(13)26-31(28,29)18(19,20)21/h8-9,11-12,26H,3-7,10H2,1-2H3. The number of fused-ring (bicyclic) bond motifs is 1. The number of nitrogens with one attached hydrogen (secondary N) is 1. The van der Waals surface area contributed by atoms with Crippen LogP contribution in [0, 0.1) is 0 Å². The zero-order valence-electron chi connectivity index (χ0n) is 17.1. The van der Waals surface area contributed by atoms with Crippen molar-refractivity contribution < 1.29 is 21.6 Å². The molecule has 1 aromatic carbocycles. The Morgan fingerprint density at radius 1 is 1.29 bits per heavy atom. The molecule has 13 heteroatoms. The first-order valence-electron chi connectivity index (χ1n) is 9.83. The summed E-state index contributed by atoms with van der Waals surface area (Å²) >= 11 is 1.10. The van der Waals surface area contributed by atoms with E-state index >= 15 is 0 Å². The van der Waals surface area contributed by atoms with Gasteiger partial charge in [-0.2, -0.15) is 21.6 Å². The molecule has 1 aliphatic rings. The fourth-order valence-corrected chi connectivity index (χ4v) is 4.45. The van der Waals surface area contributed by atoms with Crippen LogP contribution in [0.4, 0.5) is 35.4 Å². The van der Waals surface area contributed by atoms with Gasteiger partial charge in [0.05, 0.1) is 5.69 Å². The summed E-state index contributed by atoms with van der Waals surface area (Å²) in [7, 11) is -5.63. The zero-order chi connectivity index (χ0) is 22.6. The molecule has 0 amide bonds. The smallest absolute Gasteiger partial charge is 0.369 e. The second-order valence-electron chi connectivity index (χ2n) is 7.22. The number of benzene rings is 1. The first-order valence-corrected chi connectivity index (χ1v) is 12.2. The summed E-state index contributed by atoms with van der Waals surface area (Å²) in [6.45, 7) is 4.88. The van der Waals surface area contributed by atoms with E-state index in [0.717, 1.165) is 37.1 Å². The lowest BCUT2D eigenvalue weighted by Gasteiger charge is -2.38. The van der Waals surface area contributed by atoms with Gasteiger partial charge in [0.1, 0.15) is 11.2 Å². The summed E-state index contributed by atoms with van der Waals surface area (Å²) in [5.74, 6) is 0. The molecule has 2 heterocycles. The summed E-state index contributed by atoms with van der Waals surface area (Å²) in [5, 5.41) is 15.4. The molecule has 0 radical (unpaired) electrons. The predicted octanol–water partition coefficient (Wildman–Crippen LogP) is 5.55. The monoisotopic (exact) mass is 476 g/mol. The van der Waals surface area contributed by atoms with Gasteiger partial charge in [-0.3, -0.25) is 4.72 Å². The normalized spacial score (nSPS) is 17.2. The molecule has 2 aromatic rings. The molecule has 1 aliphatic heterocycles. The minimum absolute atomic E-state index is 0.00941. The van der Waals surface area contributed by atoms with Gasteiger partial charge in [0.2, 0.25) is 0 Å². The lowest BCUT2D eigenvalue weighted by molar-refractivity contribution is -0.0429. The number of azo groups is 1. The van der Waals surface area contributed by atoms with Gasteiger partial charge < -0.3 is 4.90 Å². The number of alkyl halides is 3. The number of hydrogen-bond donors (Lipinski definition) is 1. The van der Waals surface area contributed by atoms with E-state index < -0.39 is 15.5 Å². The average Bonchev–Trinajstić information content (AvgIpc) is 3.21. The molecule has 0 fully saturated rings. The van der Waals surface area contributed by atoms with Gasteiger partial charge in [-0.1, -0.05) is 31.1 Å². The van der Waals surface area contributed by atoms with Crippen LogP contribution in [-0.2, 0) is 16.4 Å². The molecule has 170 valence electrons. The molecule has 0 bridgehead atoms. The van der Waals surface area contributed by atoms with Gasteiger partial charge in [0.25, 0.3) is 5.13 Å². The summed E-state index contributed by atoms with van der Waals surface area (Å²) in [5.41, 5.74) is -3.03. The Balaban J connectivity index is 2.06. The van der Waals surface area contributed by atoms with Crippen LogP contribution in [-0.4, -0.2) is 36.7 Å². The van der Waals surface area contributed by atoms with Gasteiger partial charge in [0, 0.05) is 23.8 Å². The SMILES string of the molecule is CCCCCN1c2ccc(N=Nc3nncs3)c(NS(=O)(=O)C(F)(F)F)c2CCC1C. The lowest BCUT2D eigenvalue weighted by atomic mass is 9.94. The predicted molar refractivity (Wildman–Crippen MR) is 114 cm³/mol. The van der Waals surface area contributed by atoms with Crippen molar-refractivity contribution in [2.75, 3.05) is 16.2 Å². The van der Waals surface area contributed by atoms with Crippen molar-refractivity contribution in [3.63, 3.8) is 0 Å². The van der Waals surface area contributed by atoms with Gasteiger partial charge >= 0.3 is 15.5 Å². The van der Waals surface area contributed by atoms with Gasteiger partial charge in [-0.15, -0.1) is 20.4 Å². The maximum Gasteiger partial charge on any atom is 0.516 e. The van der Waals surface area contributed by atoms with Gasteiger partial charge in [0.15, 0.2) is 0 Å². The molecular weight excluding hydrogens is 453 g/mol. The molecule has 1 atom stereocenters. The number of sulfonamides is 1. The Hall–Kier alpha value is -2.28. The molecule has 8 nitrogen and oxygen atoms in total. The van der Waals surface area contributed by atoms with Crippen molar-refractivity contribution in [1.29, 1.82) is 0 Å². The van der Waals surface area contributed by atoms with E-state index in [2.05, 4.69) is 39.2 Å². The maximum absolute atomic E-state index is 13.1. The van der Waals surface area contributed by atoms with Crippen molar-refractivity contribution in [2.45, 2.75) is 57.5 Å². The Morgan fingerprint density at radius 3 is 2.71 bits per heavy atom. The van der Waals surface area contributed by atoms with Crippen LogP contribution >= 0.6 is 11.3 Å². The van der Waals surface area contributed by atoms with Crippen LogP contribution in [0.5, 0.6) is 0 Å². The molecule has 1 unspecified atom stereocenters. The largest absolute Gasteiger partial charge is 0.516 e. The topological polar surface area (TPSA) is 99.9 Å². The molecular formula is C18H23F3N6O2S2. The third kappa shape index (κ3) is 5.32. The minimum atomic E-state index is -5.63. The van der Waals surface area contributed by atoms with Crippen LogP contribution in [0.3, 0.4) is 0 Å². The van der Waals surface area contributed by atoms with Crippen molar-refractivity contribution >= 4 is 43.6 Å². The molecule has 0 aliphatic carbocycles. The van der Waals surface area contributed by atoms with E-state index in [0.29, 0.717) is 24.1 Å². The van der Waals surface area contributed by atoms with Crippen LogP contribution in [0.1, 0.15) is 45.1 Å². The van der Waals surface area contributed by atoms with E-state index in [1.807, 2.05) is 0 Å². The number of hydrogen-bond acceptors (Lipinski definition) is 8. The summed E-state index contributed by atoms with van der Waals surface area (Å²) in [6.07, 6.45) is 4.09. The third-order valence-electron chi connectivity index (χ3n) is 5.06. The minimum Gasteiger partial charge on any atom is -0.369 e. The van der Waals surface area contributed by atoms with Gasteiger partial charge in [-0.25, -0.2) is 0 Å². The van der Waals surface area contributed by atoms with Crippen molar-refractivity contribution in [3.8, 4) is 0 Å². The lowest BCUT2D eigenvalue weighted by Crippen LogP contribution is -2.38. The van der Waals surface area contributed by atoms with Crippen LogP contribution in [0.15, 0.2) is 27.9 Å². The van der Waals surface area contributed by atoms with E-state index in [-0.39, 0.29) is 22.5 Å². The Bertz CT molecular complexity index is 1030. The van der Waals surface area contributed by atoms with Crippen molar-refractivity contribution in [1.82, 2.24) is 10.2 Å². The maximum atomic E-state index is 13.1. The molecule has 1 N–H and O–H groups in total. The number of unbranched alkanes of at least 4 members (excludes halogenated alkanes) is 2. The quantitative estimate of drug-likeness (QED) is 0.398. The van der Waals surface area contributed by atoms with Gasteiger partial charge in [-0.05, 0) is 38.3 Å². The second-order valence-corrected chi connectivity index (χ2v) is 9.70. The number of aromatic nitrogens is 2. The number of rotatable bonds is 8.